The van der Waals surface area contributed by atoms with Crippen LogP contribution in [0.3, 0.4) is 0 Å². The largest absolute Gasteiger partial charge is 0.494 e. The highest BCUT2D eigenvalue weighted by Gasteiger charge is 2.14. The quantitative estimate of drug-likeness (QED) is 0.337. The summed E-state index contributed by atoms with van der Waals surface area (Å²) in [4.78, 5) is 10.1. The molecule has 0 aliphatic heterocycles. The summed E-state index contributed by atoms with van der Waals surface area (Å²) in [5.74, 6) is 2.14. The van der Waals surface area contributed by atoms with Gasteiger partial charge in [-0.2, -0.15) is 4.98 Å². The molecule has 5 nitrogen and oxygen atoms in total. The number of rotatable bonds is 7. The van der Waals surface area contributed by atoms with Crippen LogP contribution in [-0.2, 0) is 6.42 Å². The number of aromatic amines is 1. The molecule has 30 heavy (non-hydrogen) atoms. The van der Waals surface area contributed by atoms with Crippen molar-refractivity contribution >= 4 is 22.2 Å². The van der Waals surface area contributed by atoms with Crippen LogP contribution in [0, 0.1) is 0 Å². The minimum atomic E-state index is 0.606. The fourth-order valence-electron chi connectivity index (χ4n) is 3.42. The third kappa shape index (κ3) is 3.74. The first kappa shape index (κ1) is 18.6. The molecule has 0 bridgehead atoms. The Hall–Kier alpha value is -3.38. The molecule has 0 amide bonds. The second-order valence-corrected chi connectivity index (χ2v) is 8.17. The maximum Gasteiger partial charge on any atom is 0.231 e. The third-order valence-electron chi connectivity index (χ3n) is 4.92. The average molecular weight is 416 g/mol. The molecule has 0 atom stereocenters. The Morgan fingerprint density at radius 3 is 2.70 bits per heavy atom. The predicted molar refractivity (Wildman–Crippen MR) is 120 cm³/mol. The molecule has 3 aromatic heterocycles. The summed E-state index contributed by atoms with van der Waals surface area (Å²) >= 11 is 1.65. The Labute approximate surface area is 178 Å². The van der Waals surface area contributed by atoms with E-state index < -0.39 is 0 Å². The maximum absolute atomic E-state index is 5.66. The molecule has 0 spiro atoms. The van der Waals surface area contributed by atoms with Crippen LogP contribution in [0.1, 0.15) is 24.8 Å². The number of H-pyrrole nitrogens is 1. The van der Waals surface area contributed by atoms with Crippen molar-refractivity contribution < 1.29 is 9.26 Å². The highest BCUT2D eigenvalue weighted by molar-refractivity contribution is 7.18. The van der Waals surface area contributed by atoms with Gasteiger partial charge in [0.1, 0.15) is 5.75 Å². The van der Waals surface area contributed by atoms with Crippen LogP contribution < -0.4 is 4.74 Å². The molecule has 0 saturated carbocycles. The second kappa shape index (κ2) is 8.16. The van der Waals surface area contributed by atoms with Crippen molar-refractivity contribution in [1.29, 1.82) is 0 Å². The van der Waals surface area contributed by atoms with E-state index in [0.717, 1.165) is 45.2 Å². The summed E-state index contributed by atoms with van der Waals surface area (Å²) in [5, 5.41) is 5.38. The van der Waals surface area contributed by atoms with Crippen molar-refractivity contribution in [3.63, 3.8) is 0 Å². The Kier molecular flexibility index (Phi) is 5.07. The Balaban J connectivity index is 1.33. The van der Waals surface area contributed by atoms with Crippen LogP contribution in [-0.4, -0.2) is 21.7 Å². The average Bonchev–Trinajstić information content (AvgIpc) is 3.53. The van der Waals surface area contributed by atoms with Crippen molar-refractivity contribution in [3.05, 3.63) is 78.3 Å². The standard InChI is InChI=1S/C24H21N3O2S/c1-2-13-28-18-9-7-16(8-10-18)21-11-12-22(30-21)24-26-23(29-27-24)14-17-15-25-20-6-4-3-5-19(17)20/h3-12,15,25H,2,13-14H2,1H3. The van der Waals surface area contributed by atoms with Gasteiger partial charge < -0.3 is 14.2 Å². The van der Waals surface area contributed by atoms with Crippen LogP contribution in [0.2, 0.25) is 0 Å². The van der Waals surface area contributed by atoms with Gasteiger partial charge in [-0.25, -0.2) is 0 Å². The van der Waals surface area contributed by atoms with Gasteiger partial charge in [-0.1, -0.05) is 30.3 Å². The lowest BCUT2D eigenvalue weighted by Crippen LogP contribution is -1.94. The van der Waals surface area contributed by atoms with Gasteiger partial charge in [-0.05, 0) is 60.0 Å². The van der Waals surface area contributed by atoms with E-state index in [1.54, 1.807) is 11.3 Å². The number of ether oxygens (including phenoxy) is 1. The summed E-state index contributed by atoms with van der Waals surface area (Å²) < 4.78 is 11.2. The molecule has 5 rings (SSSR count). The summed E-state index contributed by atoms with van der Waals surface area (Å²) in [6.07, 6.45) is 3.61. The van der Waals surface area contributed by atoms with Gasteiger partial charge in [0.15, 0.2) is 0 Å². The van der Waals surface area contributed by atoms with Gasteiger partial charge in [0.2, 0.25) is 11.7 Å². The summed E-state index contributed by atoms with van der Waals surface area (Å²) in [6, 6.07) is 20.5. The van der Waals surface area contributed by atoms with Crippen LogP contribution in [0.25, 0.3) is 32.0 Å². The molecule has 3 heterocycles. The van der Waals surface area contributed by atoms with Gasteiger partial charge in [0, 0.05) is 22.0 Å². The van der Waals surface area contributed by atoms with E-state index in [-0.39, 0.29) is 0 Å². The Bertz CT molecular complexity index is 1270. The van der Waals surface area contributed by atoms with Crippen molar-refractivity contribution in [2.45, 2.75) is 19.8 Å². The fourth-order valence-corrected chi connectivity index (χ4v) is 4.35. The summed E-state index contributed by atoms with van der Waals surface area (Å²) in [7, 11) is 0. The lowest BCUT2D eigenvalue weighted by atomic mass is 10.1. The second-order valence-electron chi connectivity index (χ2n) is 7.08. The summed E-state index contributed by atoms with van der Waals surface area (Å²) in [6.45, 7) is 2.84. The number of benzene rings is 2. The van der Waals surface area contributed by atoms with Gasteiger partial charge in [0.25, 0.3) is 0 Å². The molecule has 150 valence electrons. The first-order valence-electron chi connectivity index (χ1n) is 10.0. The molecule has 0 fully saturated rings. The van der Waals surface area contributed by atoms with Crippen molar-refractivity contribution in [2.75, 3.05) is 6.61 Å². The van der Waals surface area contributed by atoms with Crippen molar-refractivity contribution in [2.24, 2.45) is 0 Å². The van der Waals surface area contributed by atoms with Gasteiger partial charge >= 0.3 is 0 Å². The first-order valence-corrected chi connectivity index (χ1v) is 10.8. The molecule has 0 radical (unpaired) electrons. The normalized spacial score (nSPS) is 11.2. The minimum absolute atomic E-state index is 0.606. The monoisotopic (exact) mass is 415 g/mol. The van der Waals surface area contributed by atoms with Gasteiger partial charge in [-0.3, -0.25) is 0 Å². The molecule has 0 aliphatic carbocycles. The maximum atomic E-state index is 5.66. The van der Waals surface area contributed by atoms with E-state index in [1.807, 2.05) is 36.5 Å². The topological polar surface area (TPSA) is 63.9 Å². The van der Waals surface area contributed by atoms with Crippen molar-refractivity contribution in [3.8, 4) is 26.9 Å². The Morgan fingerprint density at radius 1 is 1.00 bits per heavy atom. The van der Waals surface area contributed by atoms with Crippen LogP contribution in [0.15, 0.2) is 71.4 Å². The van der Waals surface area contributed by atoms with E-state index >= 15 is 0 Å². The predicted octanol–water partition coefficient (Wildman–Crippen LogP) is 6.33. The van der Waals surface area contributed by atoms with E-state index in [1.165, 1.54) is 5.39 Å². The number of aromatic nitrogens is 3. The molecule has 0 aliphatic rings. The van der Waals surface area contributed by atoms with E-state index in [9.17, 15) is 0 Å². The van der Waals surface area contributed by atoms with Gasteiger partial charge in [-0.15, -0.1) is 11.3 Å². The zero-order valence-electron chi connectivity index (χ0n) is 16.6. The zero-order chi connectivity index (χ0) is 20.3. The number of nitrogens with zero attached hydrogens (tertiary/aromatic N) is 2. The molecule has 0 unspecified atom stereocenters. The number of nitrogens with one attached hydrogen (secondary N) is 1. The van der Waals surface area contributed by atoms with Gasteiger partial charge in [0.05, 0.1) is 17.9 Å². The number of fused-ring (bicyclic) bond motifs is 1. The van der Waals surface area contributed by atoms with E-state index in [2.05, 4.69) is 52.4 Å². The molecule has 6 heteroatoms. The van der Waals surface area contributed by atoms with E-state index in [4.69, 9.17) is 9.26 Å². The van der Waals surface area contributed by atoms with Crippen molar-refractivity contribution in [1.82, 2.24) is 15.1 Å². The fraction of sp³-hybridized carbons (Fsp3) is 0.167. The first-order chi connectivity index (χ1) is 14.8. The molecule has 0 saturated heterocycles. The molecule has 5 aromatic rings. The SMILES string of the molecule is CCCOc1ccc(-c2ccc(-c3noc(Cc4c[nH]c5ccccc45)n3)s2)cc1. The van der Waals surface area contributed by atoms with E-state index in [0.29, 0.717) is 18.1 Å². The molecular formula is C24H21N3O2S. The zero-order valence-corrected chi connectivity index (χ0v) is 17.4. The third-order valence-corrected chi connectivity index (χ3v) is 6.05. The van der Waals surface area contributed by atoms with Crippen LogP contribution >= 0.6 is 11.3 Å². The minimum Gasteiger partial charge on any atom is -0.494 e. The smallest absolute Gasteiger partial charge is 0.231 e. The van der Waals surface area contributed by atoms with Crippen LogP contribution in [0.5, 0.6) is 5.75 Å². The molecular weight excluding hydrogens is 394 g/mol. The number of hydrogen-bond donors (Lipinski definition) is 1. The molecule has 2 aromatic carbocycles. The number of thiophene rings is 1. The van der Waals surface area contributed by atoms with Crippen LogP contribution in [0.4, 0.5) is 0 Å². The lowest BCUT2D eigenvalue weighted by Gasteiger charge is -2.04. The lowest BCUT2D eigenvalue weighted by molar-refractivity contribution is 0.317. The number of hydrogen-bond acceptors (Lipinski definition) is 5. The molecule has 1 N–H and O–H groups in total. The summed E-state index contributed by atoms with van der Waals surface area (Å²) in [5.41, 5.74) is 3.41. The highest BCUT2D eigenvalue weighted by Crippen LogP contribution is 2.34. The number of para-hydroxylation sites is 1. The highest BCUT2D eigenvalue weighted by atomic mass is 32.1. The Morgan fingerprint density at radius 2 is 1.83 bits per heavy atom.